The Morgan fingerprint density at radius 2 is 1.97 bits per heavy atom. The molecule has 0 atom stereocenters. The topological polar surface area (TPSA) is 50.7 Å². The molecule has 4 rings (SSSR count). The third-order valence-electron chi connectivity index (χ3n) is 5.24. The number of aliphatic imine (C=N–C) groups is 1. The van der Waals surface area contributed by atoms with Crippen LogP contribution in [0.1, 0.15) is 44.8 Å². The Kier molecular flexibility index (Phi) is 7.25. The number of halogens is 2. The normalized spacial score (nSPS) is 13.3. The molecule has 2 aromatic carbocycles. The highest BCUT2D eigenvalue weighted by atomic mass is 79.9. The third kappa shape index (κ3) is 5.10. The average molecular weight is 562 g/mol. The van der Waals surface area contributed by atoms with Crippen molar-refractivity contribution in [3.8, 4) is 5.75 Å². The maximum atomic E-state index is 13.2. The van der Waals surface area contributed by atoms with Gasteiger partial charge in [-0.1, -0.05) is 46.3 Å². The zero-order valence-corrected chi connectivity index (χ0v) is 21.1. The van der Waals surface area contributed by atoms with Gasteiger partial charge in [-0.2, -0.15) is 0 Å². The lowest BCUT2D eigenvalue weighted by atomic mass is 9.95. The average Bonchev–Trinajstić information content (AvgIpc) is 3.15. The first-order valence-electron chi connectivity index (χ1n) is 10.1. The number of aryl methyl sites for hydroxylation is 1. The number of nitrogens with one attached hydrogen (secondary N) is 1. The van der Waals surface area contributed by atoms with Gasteiger partial charge in [0.15, 0.2) is 0 Å². The second-order valence-electron chi connectivity index (χ2n) is 7.33. The first-order chi connectivity index (χ1) is 15.1. The minimum atomic E-state index is -0.0576. The van der Waals surface area contributed by atoms with Crippen molar-refractivity contribution >= 4 is 60.3 Å². The molecule has 0 aliphatic heterocycles. The van der Waals surface area contributed by atoms with E-state index in [0.717, 1.165) is 61.9 Å². The summed E-state index contributed by atoms with van der Waals surface area (Å²) in [6.07, 6.45) is 5.99. The Morgan fingerprint density at radius 1 is 1.19 bits per heavy atom. The van der Waals surface area contributed by atoms with Gasteiger partial charge in [0.25, 0.3) is 5.91 Å². The number of thiophene rings is 1. The van der Waals surface area contributed by atoms with E-state index in [1.54, 1.807) is 24.7 Å². The molecule has 1 N–H and O–H groups in total. The highest BCUT2D eigenvalue weighted by Crippen LogP contribution is 2.40. The molecule has 0 fully saturated rings. The quantitative estimate of drug-likeness (QED) is 0.335. The van der Waals surface area contributed by atoms with Crippen molar-refractivity contribution in [2.75, 3.05) is 7.11 Å². The molecule has 0 saturated heterocycles. The highest BCUT2D eigenvalue weighted by molar-refractivity contribution is 9.11. The van der Waals surface area contributed by atoms with Gasteiger partial charge in [-0.05, 0) is 64.9 Å². The van der Waals surface area contributed by atoms with Gasteiger partial charge in [0.1, 0.15) is 10.8 Å². The van der Waals surface area contributed by atoms with Gasteiger partial charge in [-0.15, -0.1) is 11.3 Å². The van der Waals surface area contributed by atoms with Crippen molar-refractivity contribution in [2.24, 2.45) is 4.99 Å². The van der Waals surface area contributed by atoms with Crippen molar-refractivity contribution in [2.45, 2.75) is 32.2 Å². The Morgan fingerprint density at radius 3 is 2.74 bits per heavy atom. The molecule has 0 unspecified atom stereocenters. The molecule has 7 heteroatoms. The molecule has 4 nitrogen and oxygen atoms in total. The van der Waals surface area contributed by atoms with E-state index in [1.807, 2.05) is 42.5 Å². The van der Waals surface area contributed by atoms with E-state index in [0.29, 0.717) is 12.3 Å². The van der Waals surface area contributed by atoms with Crippen LogP contribution in [0.3, 0.4) is 0 Å². The summed E-state index contributed by atoms with van der Waals surface area (Å²) in [7, 11) is 1.64. The lowest BCUT2D eigenvalue weighted by molar-refractivity contribution is 0.0951. The Balaban J connectivity index is 1.66. The van der Waals surface area contributed by atoms with E-state index < -0.39 is 0 Å². The zero-order chi connectivity index (χ0) is 21.8. The molecular formula is C24H22Br2N2O2S. The molecule has 1 amide bonds. The Bertz CT molecular complexity index is 1130. The standard InChI is InChI=1S/C24H22Br2N2O2S/c1-30-22-16(11-17(25)12-19(22)26)14-28-24-21(18-9-5-6-10-20(18)31-24)23(29)27-13-15-7-3-2-4-8-15/h2-4,7-8,11-12,14H,5-6,9-10,13H2,1H3,(H,27,29). The molecule has 0 saturated carbocycles. The number of fused-ring (bicyclic) bond motifs is 1. The molecule has 1 aromatic heterocycles. The number of nitrogens with zero attached hydrogens (tertiary/aromatic N) is 1. The van der Waals surface area contributed by atoms with Gasteiger partial charge in [0, 0.05) is 27.7 Å². The van der Waals surface area contributed by atoms with Gasteiger partial charge in [0.05, 0.1) is 17.1 Å². The molecule has 31 heavy (non-hydrogen) atoms. The molecule has 0 spiro atoms. The summed E-state index contributed by atoms with van der Waals surface area (Å²) in [5.74, 6) is 0.654. The van der Waals surface area contributed by atoms with E-state index in [9.17, 15) is 4.79 Å². The van der Waals surface area contributed by atoms with Crippen molar-refractivity contribution in [3.05, 3.63) is 78.5 Å². The fourth-order valence-electron chi connectivity index (χ4n) is 3.76. The number of ether oxygens (including phenoxy) is 1. The summed E-state index contributed by atoms with van der Waals surface area (Å²) in [5, 5.41) is 3.84. The summed E-state index contributed by atoms with van der Waals surface area (Å²) in [4.78, 5) is 19.2. The van der Waals surface area contributed by atoms with Crippen molar-refractivity contribution in [3.63, 3.8) is 0 Å². The van der Waals surface area contributed by atoms with E-state index in [2.05, 4.69) is 37.2 Å². The number of carbonyl (C=O) groups excluding carboxylic acids is 1. The predicted molar refractivity (Wildman–Crippen MR) is 134 cm³/mol. The molecule has 0 bridgehead atoms. The number of benzene rings is 2. The van der Waals surface area contributed by atoms with Crippen LogP contribution in [-0.4, -0.2) is 19.2 Å². The summed E-state index contributed by atoms with van der Waals surface area (Å²) in [5.41, 5.74) is 3.80. The molecule has 0 radical (unpaired) electrons. The van der Waals surface area contributed by atoms with Gasteiger partial charge in [-0.25, -0.2) is 4.99 Å². The molecule has 1 heterocycles. The van der Waals surface area contributed by atoms with Crippen LogP contribution in [0, 0.1) is 0 Å². The van der Waals surface area contributed by atoms with Gasteiger partial charge < -0.3 is 10.1 Å². The number of hydrogen-bond donors (Lipinski definition) is 1. The van der Waals surface area contributed by atoms with E-state index in [4.69, 9.17) is 9.73 Å². The molecule has 3 aromatic rings. The number of amides is 1. The number of hydrogen-bond acceptors (Lipinski definition) is 4. The van der Waals surface area contributed by atoms with E-state index in [-0.39, 0.29) is 5.91 Å². The van der Waals surface area contributed by atoms with Crippen molar-refractivity contribution in [1.29, 1.82) is 0 Å². The van der Waals surface area contributed by atoms with Crippen molar-refractivity contribution in [1.82, 2.24) is 5.32 Å². The van der Waals surface area contributed by atoms with E-state index in [1.165, 1.54) is 4.88 Å². The Labute approximate surface area is 203 Å². The van der Waals surface area contributed by atoms with Crippen LogP contribution in [-0.2, 0) is 19.4 Å². The SMILES string of the molecule is COc1c(Br)cc(Br)cc1C=Nc1sc2c(c1C(=O)NCc1ccccc1)CCCC2. The van der Waals surface area contributed by atoms with Crippen LogP contribution in [0.15, 0.2) is 56.4 Å². The van der Waals surface area contributed by atoms with Crippen LogP contribution in [0.4, 0.5) is 5.00 Å². The summed E-state index contributed by atoms with van der Waals surface area (Å²) in [6.45, 7) is 0.500. The maximum absolute atomic E-state index is 13.2. The van der Waals surface area contributed by atoms with Crippen LogP contribution >= 0.6 is 43.2 Å². The molecule has 1 aliphatic rings. The first-order valence-corrected chi connectivity index (χ1v) is 12.5. The molecule has 1 aliphatic carbocycles. The summed E-state index contributed by atoms with van der Waals surface area (Å²) >= 11 is 8.68. The largest absolute Gasteiger partial charge is 0.495 e. The van der Waals surface area contributed by atoms with Gasteiger partial charge >= 0.3 is 0 Å². The third-order valence-corrected chi connectivity index (χ3v) is 7.48. The molecule has 160 valence electrons. The summed E-state index contributed by atoms with van der Waals surface area (Å²) in [6, 6.07) is 13.8. The van der Waals surface area contributed by atoms with Crippen LogP contribution in [0.25, 0.3) is 0 Å². The highest BCUT2D eigenvalue weighted by Gasteiger charge is 2.25. The lowest BCUT2D eigenvalue weighted by Crippen LogP contribution is -2.24. The van der Waals surface area contributed by atoms with Gasteiger partial charge in [-0.3, -0.25) is 4.79 Å². The smallest absolute Gasteiger partial charge is 0.254 e. The van der Waals surface area contributed by atoms with Crippen molar-refractivity contribution < 1.29 is 9.53 Å². The van der Waals surface area contributed by atoms with E-state index >= 15 is 0 Å². The predicted octanol–water partition coefficient (Wildman–Crippen LogP) is 6.84. The first kappa shape index (κ1) is 22.2. The van der Waals surface area contributed by atoms with Crippen LogP contribution in [0.5, 0.6) is 5.75 Å². The fourth-order valence-corrected chi connectivity index (χ4v) is 6.41. The number of rotatable bonds is 6. The zero-order valence-electron chi connectivity index (χ0n) is 17.1. The lowest BCUT2D eigenvalue weighted by Gasteiger charge is -2.13. The van der Waals surface area contributed by atoms with Gasteiger partial charge in [0.2, 0.25) is 0 Å². The van der Waals surface area contributed by atoms with Crippen LogP contribution in [0.2, 0.25) is 0 Å². The fraction of sp³-hybridized carbons (Fsp3) is 0.250. The summed E-state index contributed by atoms with van der Waals surface area (Å²) < 4.78 is 7.30. The Hall–Kier alpha value is -1.96. The monoisotopic (exact) mass is 560 g/mol. The second kappa shape index (κ2) is 10.1. The molecular weight excluding hydrogens is 540 g/mol. The number of carbonyl (C=O) groups is 1. The minimum Gasteiger partial charge on any atom is -0.495 e. The van der Waals surface area contributed by atoms with Crippen LogP contribution < -0.4 is 10.1 Å². The minimum absolute atomic E-state index is 0.0576. The maximum Gasteiger partial charge on any atom is 0.254 e. The second-order valence-corrected chi connectivity index (χ2v) is 10.2. The number of methoxy groups -OCH3 is 1.